The van der Waals surface area contributed by atoms with Crippen LogP contribution in [0.1, 0.15) is 6.92 Å². The minimum atomic E-state index is -1.76. The van der Waals surface area contributed by atoms with E-state index in [9.17, 15) is 35.4 Å². The average molecular weight is 384 g/mol. The maximum absolute atomic E-state index is 10.9. The number of carbonyl (C=O) groups is 1. The molecule has 12 nitrogen and oxygen atoms in total. The van der Waals surface area contributed by atoms with Crippen LogP contribution in [0.25, 0.3) is 0 Å². The van der Waals surface area contributed by atoms with Gasteiger partial charge in [0.05, 0.1) is 6.61 Å². The highest BCUT2D eigenvalue weighted by atomic mass is 16.8. The van der Waals surface area contributed by atoms with Crippen molar-refractivity contribution in [2.24, 2.45) is 0 Å². The molecule has 2 heterocycles. The van der Waals surface area contributed by atoms with Gasteiger partial charge in [0.2, 0.25) is 0 Å². The van der Waals surface area contributed by atoms with E-state index in [0.29, 0.717) is 0 Å². The molecule has 26 heavy (non-hydrogen) atoms. The highest BCUT2D eigenvalue weighted by Crippen LogP contribution is 2.28. The summed E-state index contributed by atoms with van der Waals surface area (Å²) in [6.45, 7) is 0.00649. The van der Waals surface area contributed by atoms with Crippen LogP contribution in [0, 0.1) is 0 Å². The molecule has 12 heteroatoms. The molecule has 2 fully saturated rings. The first-order valence-corrected chi connectivity index (χ1v) is 7.96. The summed E-state index contributed by atoms with van der Waals surface area (Å²) in [4.78, 5) is 10.9. The lowest BCUT2D eigenvalue weighted by atomic mass is 9.98. The topological polar surface area (TPSA) is 196 Å². The Hall–Kier alpha value is -0.930. The standard InChI is InChI=1S/C14H24O12/c1-4(16)23-3-6-8(18)10(20)12(22)14(25-6)26-13-11(21)9(19)7(17)5(2-15)24-13/h5-15,17-22H,2-3H2,1H3/t5?,6?,7-,8-,9-,10+,11?,12?,13-,14-/m1/s1. The Morgan fingerprint density at radius 2 is 1.27 bits per heavy atom. The van der Waals surface area contributed by atoms with Gasteiger partial charge in [-0.25, -0.2) is 0 Å². The van der Waals surface area contributed by atoms with Crippen LogP contribution in [0.5, 0.6) is 0 Å². The van der Waals surface area contributed by atoms with E-state index in [0.717, 1.165) is 6.92 Å². The molecule has 0 aromatic rings. The van der Waals surface area contributed by atoms with Crippen molar-refractivity contribution >= 4 is 5.97 Å². The maximum atomic E-state index is 10.9. The SMILES string of the molecule is CC(=O)OCC1O[C@H](O[C@H]2OC(CO)[C@@H](O)[C@@H](O)C2O)C(O)[C@@H](O)[C@@H]1O. The number of ether oxygens (including phenoxy) is 4. The van der Waals surface area contributed by atoms with Gasteiger partial charge in [0.25, 0.3) is 0 Å². The van der Waals surface area contributed by atoms with E-state index in [2.05, 4.69) is 0 Å². The van der Waals surface area contributed by atoms with Crippen molar-refractivity contribution in [1.82, 2.24) is 0 Å². The van der Waals surface area contributed by atoms with E-state index in [4.69, 9.17) is 24.1 Å². The minimum Gasteiger partial charge on any atom is -0.463 e. The summed E-state index contributed by atoms with van der Waals surface area (Å²) in [5.74, 6) is -0.659. The first kappa shape index (κ1) is 21.4. The van der Waals surface area contributed by atoms with Crippen molar-refractivity contribution in [3.05, 3.63) is 0 Å². The van der Waals surface area contributed by atoms with Gasteiger partial charge in [-0.1, -0.05) is 0 Å². The molecule has 2 aliphatic rings. The van der Waals surface area contributed by atoms with Gasteiger partial charge in [-0.05, 0) is 0 Å². The molecule has 0 bridgehead atoms. The molecule has 0 aromatic carbocycles. The monoisotopic (exact) mass is 384 g/mol. The Bertz CT molecular complexity index is 473. The quantitative estimate of drug-likeness (QED) is 0.224. The van der Waals surface area contributed by atoms with E-state index in [-0.39, 0.29) is 0 Å². The van der Waals surface area contributed by atoms with Crippen molar-refractivity contribution < 1.29 is 59.5 Å². The Morgan fingerprint density at radius 3 is 1.73 bits per heavy atom. The van der Waals surface area contributed by atoms with Gasteiger partial charge in [-0.15, -0.1) is 0 Å². The first-order chi connectivity index (χ1) is 12.2. The highest BCUT2D eigenvalue weighted by Gasteiger charge is 2.49. The van der Waals surface area contributed by atoms with Crippen LogP contribution < -0.4 is 0 Å². The number of hydrogen-bond donors (Lipinski definition) is 7. The van der Waals surface area contributed by atoms with Gasteiger partial charge >= 0.3 is 5.97 Å². The number of hydrogen-bond acceptors (Lipinski definition) is 12. The van der Waals surface area contributed by atoms with Gasteiger partial charge in [0.1, 0.15) is 55.4 Å². The van der Waals surface area contributed by atoms with Crippen molar-refractivity contribution in [2.75, 3.05) is 13.2 Å². The Balaban J connectivity index is 2.07. The zero-order chi connectivity index (χ0) is 19.6. The van der Waals surface area contributed by atoms with Crippen LogP contribution in [0.15, 0.2) is 0 Å². The summed E-state index contributed by atoms with van der Waals surface area (Å²) in [6, 6.07) is 0. The van der Waals surface area contributed by atoms with Gasteiger partial charge in [-0.3, -0.25) is 4.79 Å². The van der Waals surface area contributed by atoms with Crippen LogP contribution in [0.2, 0.25) is 0 Å². The summed E-state index contributed by atoms with van der Waals surface area (Å²) in [5, 5.41) is 68.3. The third-order valence-electron chi connectivity index (χ3n) is 4.24. The molecule has 0 aliphatic carbocycles. The molecule has 2 saturated heterocycles. The van der Waals surface area contributed by atoms with Crippen LogP contribution in [0.3, 0.4) is 0 Å². The molecule has 10 atom stereocenters. The second kappa shape index (κ2) is 8.84. The van der Waals surface area contributed by atoms with E-state index in [1.54, 1.807) is 0 Å². The summed E-state index contributed by atoms with van der Waals surface area (Å²) < 4.78 is 20.3. The maximum Gasteiger partial charge on any atom is 0.302 e. The molecule has 0 aromatic heterocycles. The normalized spacial score (nSPS) is 46.8. The summed E-state index contributed by atoms with van der Waals surface area (Å²) in [7, 11) is 0. The Kier molecular flexibility index (Phi) is 7.27. The lowest BCUT2D eigenvalue weighted by molar-refractivity contribution is -0.376. The van der Waals surface area contributed by atoms with Gasteiger partial charge in [-0.2, -0.15) is 0 Å². The predicted molar refractivity (Wildman–Crippen MR) is 78.2 cm³/mol. The number of esters is 1. The van der Waals surface area contributed by atoms with Crippen molar-refractivity contribution in [1.29, 1.82) is 0 Å². The minimum absolute atomic E-state index is 0.436. The fraction of sp³-hybridized carbons (Fsp3) is 0.929. The third kappa shape index (κ3) is 4.48. The Morgan fingerprint density at radius 1 is 0.808 bits per heavy atom. The molecule has 0 radical (unpaired) electrons. The number of rotatable bonds is 5. The number of aliphatic hydroxyl groups is 7. The predicted octanol–water partition coefficient (Wildman–Crippen LogP) is -4.83. The first-order valence-electron chi connectivity index (χ1n) is 7.96. The molecule has 152 valence electrons. The van der Waals surface area contributed by atoms with Crippen LogP contribution in [-0.4, -0.2) is 116 Å². The largest absolute Gasteiger partial charge is 0.463 e. The molecular formula is C14H24O12. The van der Waals surface area contributed by atoms with Crippen molar-refractivity contribution in [2.45, 2.75) is 68.3 Å². The fourth-order valence-electron chi connectivity index (χ4n) is 2.68. The Labute approximate surface area is 148 Å². The summed E-state index contributed by atoms with van der Waals surface area (Å²) >= 11 is 0. The van der Waals surface area contributed by atoms with E-state index in [1.807, 2.05) is 0 Å². The van der Waals surface area contributed by atoms with Gasteiger partial charge in [0.15, 0.2) is 12.6 Å². The second-order valence-electron chi connectivity index (χ2n) is 6.15. The summed E-state index contributed by atoms with van der Waals surface area (Å²) in [6.07, 6.45) is -15.9. The molecule has 0 amide bonds. The molecule has 0 saturated carbocycles. The molecule has 0 spiro atoms. The van der Waals surface area contributed by atoms with Crippen molar-refractivity contribution in [3.63, 3.8) is 0 Å². The van der Waals surface area contributed by atoms with E-state index in [1.165, 1.54) is 0 Å². The lowest BCUT2D eigenvalue weighted by Gasteiger charge is -2.44. The number of aliphatic hydroxyl groups excluding tert-OH is 7. The van der Waals surface area contributed by atoms with Crippen LogP contribution in [-0.2, 0) is 23.7 Å². The van der Waals surface area contributed by atoms with E-state index >= 15 is 0 Å². The van der Waals surface area contributed by atoms with Gasteiger partial charge < -0.3 is 54.7 Å². The van der Waals surface area contributed by atoms with Crippen LogP contribution >= 0.6 is 0 Å². The van der Waals surface area contributed by atoms with Crippen LogP contribution in [0.4, 0.5) is 0 Å². The molecule has 4 unspecified atom stereocenters. The van der Waals surface area contributed by atoms with Gasteiger partial charge in [0, 0.05) is 6.92 Å². The number of carbonyl (C=O) groups excluding carboxylic acids is 1. The summed E-state index contributed by atoms with van der Waals surface area (Å²) in [5.41, 5.74) is 0. The zero-order valence-electron chi connectivity index (χ0n) is 13.9. The molecular weight excluding hydrogens is 360 g/mol. The molecule has 2 rings (SSSR count). The smallest absolute Gasteiger partial charge is 0.302 e. The lowest BCUT2D eigenvalue weighted by Crippen LogP contribution is -2.63. The third-order valence-corrected chi connectivity index (χ3v) is 4.24. The molecule has 7 N–H and O–H groups in total. The van der Waals surface area contributed by atoms with Crippen molar-refractivity contribution in [3.8, 4) is 0 Å². The highest BCUT2D eigenvalue weighted by molar-refractivity contribution is 5.65. The second-order valence-corrected chi connectivity index (χ2v) is 6.15. The fourth-order valence-corrected chi connectivity index (χ4v) is 2.68. The average Bonchev–Trinajstić information content (AvgIpc) is 2.61. The zero-order valence-corrected chi connectivity index (χ0v) is 13.9. The van der Waals surface area contributed by atoms with E-state index < -0.39 is 80.6 Å². The molecule has 2 aliphatic heterocycles.